The molecular weight excluding hydrogens is 288 g/mol. The molecule has 1 aromatic carbocycles. The minimum absolute atomic E-state index is 0.303. The largest absolute Gasteiger partial charge is 0.417 e. The van der Waals surface area contributed by atoms with E-state index in [1.165, 1.54) is 18.5 Å². The summed E-state index contributed by atoms with van der Waals surface area (Å²) in [5.41, 5.74) is 7.89. The summed E-state index contributed by atoms with van der Waals surface area (Å²) in [6.45, 7) is 14.8. The average molecular weight is 321 g/mol. The Balaban J connectivity index is 1.81. The Kier molecular flexibility index (Phi) is 5.23. The number of nitrogens with zero attached hydrogens (tertiary/aromatic N) is 1. The summed E-state index contributed by atoms with van der Waals surface area (Å²) < 4.78 is 6.39. The molecule has 0 atom stereocenters. The number of nitrogens with two attached hydrogens (primary N) is 1. The summed E-state index contributed by atoms with van der Waals surface area (Å²) >= 11 is 0. The molecule has 1 saturated heterocycles. The van der Waals surface area contributed by atoms with Crippen molar-refractivity contribution in [2.45, 2.75) is 51.7 Å². The molecule has 0 aliphatic carbocycles. The molecule has 0 aromatic heterocycles. The number of nitrogen functional groups attached to an aromatic ring is 1. The summed E-state index contributed by atoms with van der Waals surface area (Å²) in [6, 6.07) is 8.23. The van der Waals surface area contributed by atoms with Crippen molar-refractivity contribution in [1.82, 2.24) is 0 Å². The number of benzene rings is 1. The highest BCUT2D eigenvalue weighted by Crippen LogP contribution is 2.37. The molecule has 3 nitrogen and oxygen atoms in total. The van der Waals surface area contributed by atoms with Crippen LogP contribution in [0, 0.1) is 5.92 Å². The fourth-order valence-electron chi connectivity index (χ4n) is 2.59. The highest BCUT2D eigenvalue weighted by Gasteiger charge is 2.37. The molecule has 22 heavy (non-hydrogen) atoms. The summed E-state index contributed by atoms with van der Waals surface area (Å²) in [5, 5.41) is 0.303. The van der Waals surface area contributed by atoms with Gasteiger partial charge in [0.1, 0.15) is 0 Å². The van der Waals surface area contributed by atoms with Crippen molar-refractivity contribution in [2.75, 3.05) is 30.3 Å². The average Bonchev–Trinajstić information content (AvgIpc) is 2.45. The van der Waals surface area contributed by atoms with Crippen LogP contribution in [0.5, 0.6) is 0 Å². The van der Waals surface area contributed by atoms with Crippen LogP contribution in [0.2, 0.25) is 18.1 Å². The van der Waals surface area contributed by atoms with Gasteiger partial charge in [-0.1, -0.05) is 20.8 Å². The van der Waals surface area contributed by atoms with Gasteiger partial charge in [-0.05, 0) is 61.2 Å². The van der Waals surface area contributed by atoms with Crippen molar-refractivity contribution in [3.63, 3.8) is 0 Å². The van der Waals surface area contributed by atoms with Crippen LogP contribution in [0.4, 0.5) is 11.4 Å². The topological polar surface area (TPSA) is 38.5 Å². The zero-order valence-electron chi connectivity index (χ0n) is 14.9. The van der Waals surface area contributed by atoms with E-state index >= 15 is 0 Å². The minimum atomic E-state index is -1.60. The maximum absolute atomic E-state index is 6.39. The lowest BCUT2D eigenvalue weighted by molar-refractivity contribution is 0.205. The first-order valence-electron chi connectivity index (χ1n) is 8.43. The number of hydrogen-bond acceptors (Lipinski definition) is 3. The highest BCUT2D eigenvalue weighted by atomic mass is 28.4. The first-order chi connectivity index (χ1) is 10.2. The van der Waals surface area contributed by atoms with Crippen LogP contribution in [-0.4, -0.2) is 28.0 Å². The van der Waals surface area contributed by atoms with Crippen molar-refractivity contribution in [3.8, 4) is 0 Å². The third kappa shape index (κ3) is 4.26. The number of piperidine rings is 1. The van der Waals surface area contributed by atoms with Crippen molar-refractivity contribution in [1.29, 1.82) is 0 Å². The second-order valence-corrected chi connectivity index (χ2v) is 12.9. The summed E-state index contributed by atoms with van der Waals surface area (Å²) in [4.78, 5) is 2.46. The molecule has 1 aliphatic heterocycles. The van der Waals surface area contributed by atoms with Crippen molar-refractivity contribution < 1.29 is 4.43 Å². The van der Waals surface area contributed by atoms with Crippen LogP contribution >= 0.6 is 0 Å². The minimum Gasteiger partial charge on any atom is -0.417 e. The lowest BCUT2D eigenvalue weighted by atomic mass is 9.97. The Hall–Kier alpha value is -1.00. The molecule has 0 unspecified atom stereocenters. The standard InChI is InChI=1S/C18H32N2OSi/c1-18(2,3)22(4,5)21-14-15-10-12-20(13-11-15)17-8-6-16(19)7-9-17/h6-9,15H,10-14,19H2,1-5H3. The first-order valence-corrected chi connectivity index (χ1v) is 11.3. The Bertz CT molecular complexity index is 471. The predicted molar refractivity (Wildman–Crippen MR) is 98.9 cm³/mol. The molecule has 4 heteroatoms. The van der Waals surface area contributed by atoms with Crippen molar-refractivity contribution in [2.24, 2.45) is 5.92 Å². The van der Waals surface area contributed by atoms with E-state index in [0.717, 1.165) is 25.4 Å². The molecule has 0 saturated carbocycles. The normalized spacial score (nSPS) is 17.8. The second kappa shape index (κ2) is 6.63. The van der Waals surface area contributed by atoms with Gasteiger partial charge in [0.25, 0.3) is 0 Å². The van der Waals surface area contributed by atoms with Gasteiger partial charge in [-0.25, -0.2) is 0 Å². The molecule has 2 rings (SSSR count). The van der Waals surface area contributed by atoms with E-state index in [-0.39, 0.29) is 0 Å². The lowest BCUT2D eigenvalue weighted by Gasteiger charge is -2.39. The van der Waals surface area contributed by atoms with E-state index < -0.39 is 8.32 Å². The molecule has 0 bridgehead atoms. The van der Waals surface area contributed by atoms with E-state index in [2.05, 4.69) is 50.9 Å². The Morgan fingerprint density at radius 2 is 1.68 bits per heavy atom. The fourth-order valence-corrected chi connectivity index (χ4v) is 3.67. The SMILES string of the molecule is CC(C)(C)[Si](C)(C)OCC1CCN(c2ccc(N)cc2)CC1. The molecule has 124 valence electrons. The van der Waals surface area contributed by atoms with Crippen LogP contribution in [-0.2, 0) is 4.43 Å². The summed E-state index contributed by atoms with van der Waals surface area (Å²) in [6.07, 6.45) is 2.44. The Morgan fingerprint density at radius 1 is 1.14 bits per heavy atom. The molecule has 0 radical (unpaired) electrons. The third-order valence-electron chi connectivity index (χ3n) is 5.36. The number of anilines is 2. The van der Waals surface area contributed by atoms with Crippen LogP contribution < -0.4 is 10.6 Å². The van der Waals surface area contributed by atoms with E-state index in [9.17, 15) is 0 Å². The zero-order valence-corrected chi connectivity index (χ0v) is 15.9. The second-order valence-electron chi connectivity index (χ2n) is 8.09. The van der Waals surface area contributed by atoms with E-state index in [1.54, 1.807) is 0 Å². The van der Waals surface area contributed by atoms with E-state index in [0.29, 0.717) is 11.0 Å². The van der Waals surface area contributed by atoms with Gasteiger partial charge in [-0.2, -0.15) is 0 Å². The molecule has 1 fully saturated rings. The Labute approximate surface area is 137 Å². The van der Waals surface area contributed by atoms with Gasteiger partial charge in [0, 0.05) is 31.1 Å². The first kappa shape index (κ1) is 17.4. The Morgan fingerprint density at radius 3 is 2.18 bits per heavy atom. The van der Waals surface area contributed by atoms with Crippen LogP contribution in [0.3, 0.4) is 0 Å². The maximum Gasteiger partial charge on any atom is 0.191 e. The summed E-state index contributed by atoms with van der Waals surface area (Å²) in [5.74, 6) is 0.708. The number of rotatable bonds is 4. The van der Waals surface area contributed by atoms with Gasteiger partial charge >= 0.3 is 0 Å². The van der Waals surface area contributed by atoms with Gasteiger partial charge < -0.3 is 15.1 Å². The van der Waals surface area contributed by atoms with Crippen molar-refractivity contribution >= 4 is 19.7 Å². The van der Waals surface area contributed by atoms with Crippen LogP contribution in [0.1, 0.15) is 33.6 Å². The zero-order chi connectivity index (χ0) is 16.4. The fraction of sp³-hybridized carbons (Fsp3) is 0.667. The maximum atomic E-state index is 6.39. The molecule has 1 heterocycles. The van der Waals surface area contributed by atoms with Gasteiger partial charge in [-0.15, -0.1) is 0 Å². The van der Waals surface area contributed by atoms with Gasteiger partial charge in [0.2, 0.25) is 0 Å². The lowest BCUT2D eigenvalue weighted by Crippen LogP contribution is -2.43. The third-order valence-corrected chi connectivity index (χ3v) is 9.86. The van der Waals surface area contributed by atoms with Gasteiger partial charge in [0.05, 0.1) is 0 Å². The van der Waals surface area contributed by atoms with E-state index in [1.807, 2.05) is 12.1 Å². The van der Waals surface area contributed by atoms with Crippen molar-refractivity contribution in [3.05, 3.63) is 24.3 Å². The van der Waals surface area contributed by atoms with Crippen LogP contribution in [0.25, 0.3) is 0 Å². The van der Waals surface area contributed by atoms with Crippen LogP contribution in [0.15, 0.2) is 24.3 Å². The quantitative estimate of drug-likeness (QED) is 0.655. The molecule has 1 aliphatic rings. The smallest absolute Gasteiger partial charge is 0.191 e. The molecule has 2 N–H and O–H groups in total. The van der Waals surface area contributed by atoms with Gasteiger partial charge in [0.15, 0.2) is 8.32 Å². The number of hydrogen-bond donors (Lipinski definition) is 1. The highest BCUT2D eigenvalue weighted by molar-refractivity contribution is 6.74. The molecule has 0 spiro atoms. The van der Waals surface area contributed by atoms with Gasteiger partial charge in [-0.3, -0.25) is 0 Å². The predicted octanol–water partition coefficient (Wildman–Crippen LogP) is 4.51. The molecular formula is C18H32N2OSi. The van der Waals surface area contributed by atoms with E-state index in [4.69, 9.17) is 10.2 Å². The monoisotopic (exact) mass is 320 g/mol. The molecule has 1 aromatic rings. The molecule has 0 amide bonds. The summed E-state index contributed by atoms with van der Waals surface area (Å²) in [7, 11) is -1.60.